The molecule has 7 heteroatoms. The summed E-state index contributed by atoms with van der Waals surface area (Å²) in [5.74, 6) is -0.129. The molecule has 0 spiro atoms. The quantitative estimate of drug-likeness (QED) is 0.725. The van der Waals surface area contributed by atoms with Gasteiger partial charge in [0, 0.05) is 43.2 Å². The summed E-state index contributed by atoms with van der Waals surface area (Å²) in [5.41, 5.74) is 0.427. The summed E-state index contributed by atoms with van der Waals surface area (Å²) in [5, 5.41) is 2.08. The molecule has 0 saturated carbocycles. The Morgan fingerprint density at radius 2 is 1.88 bits per heavy atom. The van der Waals surface area contributed by atoms with Gasteiger partial charge in [-0.3, -0.25) is 4.79 Å². The van der Waals surface area contributed by atoms with Crippen LogP contribution in [0.3, 0.4) is 0 Å². The molecule has 5 nitrogen and oxygen atoms in total. The first kappa shape index (κ1) is 18.3. The van der Waals surface area contributed by atoms with Crippen molar-refractivity contribution in [2.24, 2.45) is 0 Å². The van der Waals surface area contributed by atoms with Crippen molar-refractivity contribution in [3.05, 3.63) is 52.2 Å². The maximum atomic E-state index is 12.8. The van der Waals surface area contributed by atoms with Crippen LogP contribution in [0.25, 0.3) is 0 Å². The number of carbonyl (C=O) groups excluding carboxylic acids is 1. The summed E-state index contributed by atoms with van der Waals surface area (Å²) in [6.07, 6.45) is 1.01. The number of Topliss-reactive ketones (excluding diaryl/α,β-unsaturated/α-hetero) is 1. The van der Waals surface area contributed by atoms with Gasteiger partial charge in [0.25, 0.3) is 0 Å². The standard InChI is InChI=1S/C18H22N2O3S2/c1-15(21)16-4-2-6-18(14-16)25(22,23)20-11-9-19(10-12-20)8-7-17-5-3-13-24-17/h2-6,13-14H,7-12H2,1H3. The lowest BCUT2D eigenvalue weighted by atomic mass is 10.2. The molecule has 25 heavy (non-hydrogen) atoms. The predicted octanol–water partition coefficient (Wildman–Crippen LogP) is 2.50. The molecule has 0 aliphatic carbocycles. The number of nitrogens with zero attached hydrogens (tertiary/aromatic N) is 2. The highest BCUT2D eigenvalue weighted by Crippen LogP contribution is 2.19. The minimum atomic E-state index is -3.54. The van der Waals surface area contributed by atoms with Crippen molar-refractivity contribution >= 4 is 27.1 Å². The summed E-state index contributed by atoms with van der Waals surface area (Å²) >= 11 is 1.76. The number of hydrogen-bond donors (Lipinski definition) is 0. The number of benzene rings is 1. The van der Waals surface area contributed by atoms with Gasteiger partial charge in [-0.1, -0.05) is 18.2 Å². The fourth-order valence-electron chi connectivity index (χ4n) is 2.94. The van der Waals surface area contributed by atoms with Crippen LogP contribution in [-0.4, -0.2) is 56.1 Å². The molecule has 1 aliphatic rings. The molecule has 0 bridgehead atoms. The smallest absolute Gasteiger partial charge is 0.243 e. The first-order chi connectivity index (χ1) is 12.0. The molecule has 0 amide bonds. The van der Waals surface area contributed by atoms with E-state index in [0.29, 0.717) is 18.7 Å². The van der Waals surface area contributed by atoms with Gasteiger partial charge in [-0.15, -0.1) is 11.3 Å². The van der Waals surface area contributed by atoms with Crippen LogP contribution in [0.4, 0.5) is 0 Å². The number of thiophene rings is 1. The van der Waals surface area contributed by atoms with E-state index in [-0.39, 0.29) is 10.7 Å². The summed E-state index contributed by atoms with van der Waals surface area (Å²) < 4.78 is 27.1. The van der Waals surface area contributed by atoms with Gasteiger partial charge in [0.2, 0.25) is 10.0 Å². The van der Waals surface area contributed by atoms with Crippen molar-refractivity contribution < 1.29 is 13.2 Å². The lowest BCUT2D eigenvalue weighted by molar-refractivity contribution is 0.101. The maximum absolute atomic E-state index is 12.8. The molecule has 1 fully saturated rings. The summed E-state index contributed by atoms with van der Waals surface area (Å²) in [4.78, 5) is 15.4. The summed E-state index contributed by atoms with van der Waals surface area (Å²) in [6, 6.07) is 10.5. The van der Waals surface area contributed by atoms with Gasteiger partial charge in [0.05, 0.1) is 4.90 Å². The van der Waals surface area contributed by atoms with E-state index in [4.69, 9.17) is 0 Å². The van der Waals surface area contributed by atoms with Crippen molar-refractivity contribution in [2.75, 3.05) is 32.7 Å². The minimum absolute atomic E-state index is 0.129. The zero-order chi connectivity index (χ0) is 17.9. The van der Waals surface area contributed by atoms with Crippen LogP contribution >= 0.6 is 11.3 Å². The van der Waals surface area contributed by atoms with Gasteiger partial charge in [-0.25, -0.2) is 8.42 Å². The normalized spacial score (nSPS) is 16.8. The fraction of sp³-hybridized carbons (Fsp3) is 0.389. The molecular weight excluding hydrogens is 356 g/mol. The van der Waals surface area contributed by atoms with Crippen LogP contribution in [-0.2, 0) is 16.4 Å². The van der Waals surface area contributed by atoms with Crippen LogP contribution in [0, 0.1) is 0 Å². The van der Waals surface area contributed by atoms with Crippen LogP contribution in [0.15, 0.2) is 46.7 Å². The Balaban J connectivity index is 1.61. The first-order valence-corrected chi connectivity index (χ1v) is 10.6. The van der Waals surface area contributed by atoms with Gasteiger partial charge in [0.1, 0.15) is 0 Å². The maximum Gasteiger partial charge on any atom is 0.243 e. The van der Waals surface area contributed by atoms with Gasteiger partial charge >= 0.3 is 0 Å². The van der Waals surface area contributed by atoms with E-state index < -0.39 is 10.0 Å². The van der Waals surface area contributed by atoms with E-state index in [2.05, 4.69) is 22.4 Å². The average molecular weight is 379 g/mol. The molecule has 0 atom stereocenters. The third-order valence-electron chi connectivity index (χ3n) is 4.46. The molecule has 1 saturated heterocycles. The van der Waals surface area contributed by atoms with Crippen molar-refractivity contribution in [1.29, 1.82) is 0 Å². The zero-order valence-corrected chi connectivity index (χ0v) is 15.9. The van der Waals surface area contributed by atoms with Crippen molar-refractivity contribution in [3.63, 3.8) is 0 Å². The summed E-state index contributed by atoms with van der Waals surface area (Å²) in [6.45, 7) is 4.83. The highest BCUT2D eigenvalue weighted by Gasteiger charge is 2.28. The van der Waals surface area contributed by atoms with Crippen LogP contribution in [0.2, 0.25) is 0 Å². The molecule has 0 radical (unpaired) electrons. The molecule has 2 heterocycles. The van der Waals surface area contributed by atoms with Crippen molar-refractivity contribution in [1.82, 2.24) is 9.21 Å². The molecule has 1 aliphatic heterocycles. The number of rotatable bonds is 6. The lowest BCUT2D eigenvalue weighted by Gasteiger charge is -2.33. The van der Waals surface area contributed by atoms with Crippen molar-refractivity contribution in [2.45, 2.75) is 18.2 Å². The second-order valence-corrected chi connectivity index (χ2v) is 9.13. The van der Waals surface area contributed by atoms with E-state index >= 15 is 0 Å². The lowest BCUT2D eigenvalue weighted by Crippen LogP contribution is -2.48. The predicted molar refractivity (Wildman–Crippen MR) is 99.7 cm³/mol. The topological polar surface area (TPSA) is 57.7 Å². The van der Waals surface area contributed by atoms with E-state index in [1.54, 1.807) is 29.5 Å². The van der Waals surface area contributed by atoms with E-state index in [1.165, 1.54) is 22.2 Å². The number of carbonyl (C=O) groups is 1. The Bertz CT molecular complexity index is 824. The Kier molecular flexibility index (Phi) is 5.68. The fourth-order valence-corrected chi connectivity index (χ4v) is 5.11. The summed E-state index contributed by atoms with van der Waals surface area (Å²) in [7, 11) is -3.54. The third-order valence-corrected chi connectivity index (χ3v) is 7.29. The van der Waals surface area contributed by atoms with Crippen LogP contribution < -0.4 is 0 Å². The first-order valence-electron chi connectivity index (χ1n) is 8.33. The monoisotopic (exact) mass is 378 g/mol. The Morgan fingerprint density at radius 3 is 2.52 bits per heavy atom. The zero-order valence-electron chi connectivity index (χ0n) is 14.2. The molecule has 1 aromatic heterocycles. The molecule has 3 rings (SSSR count). The SMILES string of the molecule is CC(=O)c1cccc(S(=O)(=O)N2CCN(CCc3cccs3)CC2)c1. The Hall–Kier alpha value is -1.54. The highest BCUT2D eigenvalue weighted by molar-refractivity contribution is 7.89. The molecule has 134 valence electrons. The molecule has 2 aromatic rings. The molecule has 0 unspecified atom stereocenters. The third kappa shape index (κ3) is 4.36. The largest absolute Gasteiger partial charge is 0.300 e. The Labute approximate surface area is 152 Å². The highest BCUT2D eigenvalue weighted by atomic mass is 32.2. The molecule has 0 N–H and O–H groups in total. The number of ketones is 1. The molecule has 1 aromatic carbocycles. The Morgan fingerprint density at radius 1 is 1.12 bits per heavy atom. The second kappa shape index (κ2) is 7.78. The van der Waals surface area contributed by atoms with Gasteiger partial charge in [0.15, 0.2) is 5.78 Å². The minimum Gasteiger partial charge on any atom is -0.300 e. The van der Waals surface area contributed by atoms with Gasteiger partial charge < -0.3 is 4.90 Å². The van der Waals surface area contributed by atoms with Gasteiger partial charge in [-0.2, -0.15) is 4.31 Å². The van der Waals surface area contributed by atoms with E-state index in [0.717, 1.165) is 26.1 Å². The number of sulfonamides is 1. The average Bonchev–Trinajstić information content (AvgIpc) is 3.14. The number of piperazine rings is 1. The van der Waals surface area contributed by atoms with E-state index in [1.807, 2.05) is 0 Å². The van der Waals surface area contributed by atoms with Gasteiger partial charge in [-0.05, 0) is 36.9 Å². The molecular formula is C18H22N2O3S2. The number of hydrogen-bond acceptors (Lipinski definition) is 5. The van der Waals surface area contributed by atoms with Crippen LogP contribution in [0.5, 0.6) is 0 Å². The second-order valence-electron chi connectivity index (χ2n) is 6.16. The van der Waals surface area contributed by atoms with E-state index in [9.17, 15) is 13.2 Å². The van der Waals surface area contributed by atoms with Crippen molar-refractivity contribution in [3.8, 4) is 0 Å². The van der Waals surface area contributed by atoms with Crippen LogP contribution in [0.1, 0.15) is 22.2 Å².